The molecular formula is C19H16N2O3. The molecule has 5 heteroatoms. The van der Waals surface area contributed by atoms with Gasteiger partial charge in [0.05, 0.1) is 6.04 Å². The average molecular weight is 323 g/mol. The molecule has 2 heterocycles. The Balaban J connectivity index is 1.60. The Morgan fingerprint density at radius 3 is 3.00 bits per heavy atom. The molecule has 0 bridgehead atoms. The Kier molecular flexibility index (Phi) is 2.79. The second-order valence-corrected chi connectivity index (χ2v) is 5.39. The molecule has 1 atom stereocenters. The first-order valence-corrected chi connectivity index (χ1v) is 7.48. The van der Waals surface area contributed by atoms with Crippen molar-refractivity contribution in [3.8, 4) is 17.4 Å². The Hall–Kier alpha value is -3.08. The normalized spacial score (nSPS) is 19.1. The van der Waals surface area contributed by atoms with Crippen LogP contribution in [0.2, 0.25) is 0 Å². The van der Waals surface area contributed by atoms with Crippen LogP contribution in [0.1, 0.15) is 16.5 Å². The van der Waals surface area contributed by atoms with Crippen molar-refractivity contribution >= 4 is 16.8 Å². The number of phenols is 1. The maximum absolute atomic E-state index is 9.94. The van der Waals surface area contributed by atoms with Crippen molar-refractivity contribution in [1.82, 2.24) is 4.98 Å². The fraction of sp³-hybridized carbons (Fsp3) is 0.158. The highest BCUT2D eigenvalue weighted by Gasteiger charge is 2.16. The van der Waals surface area contributed by atoms with Gasteiger partial charge in [-0.15, -0.1) is 0 Å². The van der Waals surface area contributed by atoms with E-state index in [2.05, 4.69) is 9.98 Å². The average Bonchev–Trinajstić information content (AvgIpc) is 3.13. The lowest BCUT2D eigenvalue weighted by atomic mass is 10.2. The SMILES string of the molecule is [2H]C([2H])([2H])[C@H]1COC(c2cccc(Oc3ccc4cccc(O)c4n3)c2)=N1. The second kappa shape index (κ2) is 5.85. The molecular weight excluding hydrogens is 304 g/mol. The monoisotopic (exact) mass is 323 g/mol. The smallest absolute Gasteiger partial charge is 0.219 e. The lowest BCUT2D eigenvalue weighted by molar-refractivity contribution is 0.324. The molecule has 0 amide bonds. The highest BCUT2D eigenvalue weighted by molar-refractivity contribution is 5.95. The van der Waals surface area contributed by atoms with E-state index < -0.39 is 12.9 Å². The number of fused-ring (bicyclic) bond motifs is 1. The number of aromatic nitrogens is 1. The van der Waals surface area contributed by atoms with Crippen molar-refractivity contribution in [2.75, 3.05) is 6.61 Å². The highest BCUT2D eigenvalue weighted by atomic mass is 16.5. The van der Waals surface area contributed by atoms with Crippen molar-refractivity contribution in [3.63, 3.8) is 0 Å². The standard InChI is InChI=1S/C19H16N2O3/c1-12-11-23-19(20-12)14-5-2-6-15(10-14)24-17-9-8-13-4-3-7-16(22)18(13)21-17/h2-10,12,22H,11H2,1H3/t12-/m0/s1/i1D3. The predicted octanol–water partition coefficient (Wildman–Crippen LogP) is 3.90. The molecule has 24 heavy (non-hydrogen) atoms. The van der Waals surface area contributed by atoms with Crippen molar-refractivity contribution in [1.29, 1.82) is 0 Å². The van der Waals surface area contributed by atoms with Gasteiger partial charge in [0.15, 0.2) is 0 Å². The van der Waals surface area contributed by atoms with Crippen LogP contribution in [0.4, 0.5) is 0 Å². The van der Waals surface area contributed by atoms with E-state index in [9.17, 15) is 5.11 Å². The predicted molar refractivity (Wildman–Crippen MR) is 91.9 cm³/mol. The number of para-hydroxylation sites is 1. The maximum atomic E-state index is 9.94. The van der Waals surface area contributed by atoms with Gasteiger partial charge in [-0.25, -0.2) is 9.98 Å². The summed E-state index contributed by atoms with van der Waals surface area (Å²) in [5, 5.41) is 10.7. The third-order valence-electron chi connectivity index (χ3n) is 3.63. The van der Waals surface area contributed by atoms with Gasteiger partial charge in [-0.05, 0) is 37.2 Å². The summed E-state index contributed by atoms with van der Waals surface area (Å²) in [5.41, 5.74) is 1.08. The summed E-state index contributed by atoms with van der Waals surface area (Å²) in [6, 6.07) is 14.8. The minimum Gasteiger partial charge on any atom is -0.506 e. The van der Waals surface area contributed by atoms with Crippen LogP contribution in [0, 0.1) is 0 Å². The molecule has 1 aromatic heterocycles. The molecule has 0 aliphatic carbocycles. The summed E-state index contributed by atoms with van der Waals surface area (Å²) in [5.74, 6) is 1.19. The Morgan fingerprint density at radius 1 is 1.21 bits per heavy atom. The summed E-state index contributed by atoms with van der Waals surface area (Å²) in [6.45, 7) is -2.16. The van der Waals surface area contributed by atoms with Crippen LogP contribution >= 0.6 is 0 Å². The lowest BCUT2D eigenvalue weighted by Gasteiger charge is -2.08. The van der Waals surface area contributed by atoms with Crippen molar-refractivity contribution in [2.45, 2.75) is 12.9 Å². The third kappa shape index (κ3) is 2.76. The molecule has 3 aromatic rings. The van der Waals surface area contributed by atoms with E-state index in [1.807, 2.05) is 12.1 Å². The number of hydrogen-bond donors (Lipinski definition) is 1. The van der Waals surface area contributed by atoms with E-state index in [4.69, 9.17) is 13.6 Å². The molecule has 0 unspecified atom stereocenters. The quantitative estimate of drug-likeness (QED) is 0.794. The number of pyridine rings is 1. The summed E-state index contributed by atoms with van der Waals surface area (Å²) >= 11 is 0. The summed E-state index contributed by atoms with van der Waals surface area (Å²) in [4.78, 5) is 8.49. The first-order chi connectivity index (χ1) is 12.9. The van der Waals surface area contributed by atoms with E-state index in [-0.39, 0.29) is 18.3 Å². The number of aliphatic imine (C=N–C) groups is 1. The molecule has 0 saturated carbocycles. The Morgan fingerprint density at radius 2 is 2.12 bits per heavy atom. The molecule has 0 radical (unpaired) electrons. The molecule has 0 spiro atoms. The zero-order valence-electron chi connectivity index (χ0n) is 15.6. The Bertz CT molecular complexity index is 1030. The zero-order chi connectivity index (χ0) is 19.0. The molecule has 4 rings (SSSR count). The van der Waals surface area contributed by atoms with Crippen LogP contribution in [0.25, 0.3) is 10.9 Å². The molecule has 0 saturated heterocycles. The van der Waals surface area contributed by atoms with E-state index in [1.165, 1.54) is 0 Å². The number of hydrogen-bond acceptors (Lipinski definition) is 5. The maximum Gasteiger partial charge on any atom is 0.219 e. The molecule has 120 valence electrons. The number of rotatable bonds is 3. The minimum absolute atomic E-state index is 0.0302. The fourth-order valence-corrected chi connectivity index (χ4v) is 2.52. The van der Waals surface area contributed by atoms with Gasteiger partial charge in [-0.2, -0.15) is 0 Å². The molecule has 1 aliphatic rings. The summed E-state index contributed by atoms with van der Waals surface area (Å²) in [7, 11) is 0. The first-order valence-electron chi connectivity index (χ1n) is 8.98. The molecule has 2 aromatic carbocycles. The highest BCUT2D eigenvalue weighted by Crippen LogP contribution is 2.27. The Labute approximate surface area is 143 Å². The first kappa shape index (κ1) is 11.5. The van der Waals surface area contributed by atoms with E-state index >= 15 is 0 Å². The van der Waals surface area contributed by atoms with Crippen molar-refractivity contribution in [2.24, 2.45) is 4.99 Å². The number of ether oxygens (including phenoxy) is 2. The number of phenolic OH excluding ortho intramolecular Hbond substituents is 1. The van der Waals surface area contributed by atoms with Gasteiger partial charge >= 0.3 is 0 Å². The second-order valence-electron chi connectivity index (χ2n) is 5.39. The van der Waals surface area contributed by atoms with E-state index in [0.717, 1.165) is 5.39 Å². The topological polar surface area (TPSA) is 63.9 Å². The van der Waals surface area contributed by atoms with Crippen LogP contribution in [-0.4, -0.2) is 28.6 Å². The zero-order valence-corrected chi connectivity index (χ0v) is 12.6. The van der Waals surface area contributed by atoms with Gasteiger partial charge in [0.25, 0.3) is 0 Å². The molecule has 1 aliphatic heterocycles. The van der Waals surface area contributed by atoms with Crippen molar-refractivity contribution < 1.29 is 18.7 Å². The van der Waals surface area contributed by atoms with Gasteiger partial charge in [0.2, 0.25) is 11.8 Å². The number of nitrogens with zero attached hydrogens (tertiary/aromatic N) is 2. The summed E-state index contributed by atoms with van der Waals surface area (Å²) < 4.78 is 33.6. The van der Waals surface area contributed by atoms with Gasteiger partial charge in [-0.1, -0.05) is 18.2 Å². The van der Waals surface area contributed by atoms with E-state index in [1.54, 1.807) is 42.5 Å². The van der Waals surface area contributed by atoms with Crippen LogP contribution in [-0.2, 0) is 4.74 Å². The molecule has 1 N–H and O–H groups in total. The largest absolute Gasteiger partial charge is 0.506 e. The van der Waals surface area contributed by atoms with Crippen LogP contribution < -0.4 is 4.74 Å². The fourth-order valence-electron chi connectivity index (χ4n) is 2.52. The van der Waals surface area contributed by atoms with E-state index in [0.29, 0.717) is 22.7 Å². The number of aromatic hydroxyl groups is 1. The van der Waals surface area contributed by atoms with Gasteiger partial charge < -0.3 is 14.6 Å². The summed E-state index contributed by atoms with van der Waals surface area (Å²) in [6.07, 6.45) is 0. The van der Waals surface area contributed by atoms with Gasteiger partial charge in [-0.3, -0.25) is 0 Å². The van der Waals surface area contributed by atoms with Crippen molar-refractivity contribution in [3.05, 3.63) is 60.2 Å². The molecule has 5 nitrogen and oxygen atoms in total. The van der Waals surface area contributed by atoms with Crippen LogP contribution in [0.3, 0.4) is 0 Å². The van der Waals surface area contributed by atoms with Crippen LogP contribution in [0.15, 0.2) is 59.6 Å². The molecule has 0 fully saturated rings. The van der Waals surface area contributed by atoms with Gasteiger partial charge in [0.1, 0.15) is 23.6 Å². The minimum atomic E-state index is -2.19. The van der Waals surface area contributed by atoms with Crippen LogP contribution in [0.5, 0.6) is 17.4 Å². The number of benzene rings is 2. The third-order valence-corrected chi connectivity index (χ3v) is 3.63. The van der Waals surface area contributed by atoms with Gasteiger partial charge in [0, 0.05) is 21.1 Å². The lowest BCUT2D eigenvalue weighted by Crippen LogP contribution is -2.02.